The highest BCUT2D eigenvalue weighted by atomic mass is 35.5. The summed E-state index contributed by atoms with van der Waals surface area (Å²) in [6.45, 7) is 5.54. The number of rotatable bonds is 3. The van der Waals surface area contributed by atoms with Crippen molar-refractivity contribution in [3.63, 3.8) is 0 Å². The zero-order valence-electron chi connectivity index (χ0n) is 16.1. The summed E-state index contributed by atoms with van der Waals surface area (Å²) in [6, 6.07) is 13.1. The van der Waals surface area contributed by atoms with Crippen LogP contribution in [0.2, 0.25) is 5.02 Å². The van der Waals surface area contributed by atoms with E-state index in [-0.39, 0.29) is 11.7 Å². The van der Waals surface area contributed by atoms with Crippen molar-refractivity contribution in [2.45, 2.75) is 20.8 Å². The van der Waals surface area contributed by atoms with Gasteiger partial charge in [-0.15, -0.1) is 0 Å². The number of fused-ring (bicyclic) bond motifs is 1. The minimum atomic E-state index is -0.331. The maximum absolute atomic E-state index is 13.3. The standard InChI is InChI=1S/C22H18ClFN4O/c1-12-4-5-15(23)11-19(12)26-22(29)18-10-13(2)25-21-20(18)14(3)27-28(21)17-8-6-16(24)7-9-17/h4-11H,1-3H3,(H,26,29). The molecule has 7 heteroatoms. The summed E-state index contributed by atoms with van der Waals surface area (Å²) in [7, 11) is 0. The first kappa shape index (κ1) is 19.1. The molecule has 0 aliphatic heterocycles. The van der Waals surface area contributed by atoms with Gasteiger partial charge in [0.25, 0.3) is 5.91 Å². The number of hydrogen-bond donors (Lipinski definition) is 1. The van der Waals surface area contributed by atoms with E-state index in [0.717, 1.165) is 5.56 Å². The minimum absolute atomic E-state index is 0.271. The number of benzene rings is 2. The lowest BCUT2D eigenvalue weighted by atomic mass is 10.1. The molecule has 29 heavy (non-hydrogen) atoms. The molecule has 0 saturated carbocycles. The summed E-state index contributed by atoms with van der Waals surface area (Å²) >= 11 is 6.07. The van der Waals surface area contributed by atoms with Gasteiger partial charge in [-0.1, -0.05) is 17.7 Å². The smallest absolute Gasteiger partial charge is 0.256 e. The first-order valence-corrected chi connectivity index (χ1v) is 9.41. The maximum Gasteiger partial charge on any atom is 0.256 e. The Morgan fingerprint density at radius 2 is 1.79 bits per heavy atom. The number of carbonyl (C=O) groups is 1. The second-order valence-electron chi connectivity index (χ2n) is 6.90. The van der Waals surface area contributed by atoms with Crippen molar-refractivity contribution in [3.05, 3.63) is 81.9 Å². The quantitative estimate of drug-likeness (QED) is 0.494. The Morgan fingerprint density at radius 3 is 2.52 bits per heavy atom. The number of nitrogens with zero attached hydrogens (tertiary/aromatic N) is 3. The molecule has 1 amide bonds. The molecule has 4 aromatic rings. The number of carbonyl (C=O) groups excluding carboxylic acids is 1. The van der Waals surface area contributed by atoms with Crippen LogP contribution in [-0.2, 0) is 0 Å². The molecule has 0 aliphatic carbocycles. The topological polar surface area (TPSA) is 59.8 Å². The van der Waals surface area contributed by atoms with Crippen LogP contribution in [0.15, 0.2) is 48.5 Å². The monoisotopic (exact) mass is 408 g/mol. The van der Waals surface area contributed by atoms with E-state index >= 15 is 0 Å². The van der Waals surface area contributed by atoms with Crippen molar-refractivity contribution in [3.8, 4) is 5.69 Å². The van der Waals surface area contributed by atoms with E-state index in [1.807, 2.05) is 26.8 Å². The van der Waals surface area contributed by atoms with Crippen LogP contribution in [0.4, 0.5) is 10.1 Å². The van der Waals surface area contributed by atoms with Crippen molar-refractivity contribution in [2.75, 3.05) is 5.32 Å². The van der Waals surface area contributed by atoms with E-state index in [9.17, 15) is 9.18 Å². The molecule has 1 N–H and O–H groups in total. The largest absolute Gasteiger partial charge is 0.322 e. The van der Waals surface area contributed by atoms with Crippen molar-refractivity contribution < 1.29 is 9.18 Å². The number of aryl methyl sites for hydroxylation is 3. The SMILES string of the molecule is Cc1cc(C(=O)Nc2cc(Cl)ccc2C)c2c(C)nn(-c3ccc(F)cc3)c2n1. The number of pyridine rings is 1. The third-order valence-corrected chi connectivity index (χ3v) is 4.94. The van der Waals surface area contributed by atoms with Gasteiger partial charge in [-0.05, 0) is 68.8 Å². The Balaban J connectivity index is 1.84. The maximum atomic E-state index is 13.3. The van der Waals surface area contributed by atoms with E-state index in [1.54, 1.807) is 35.0 Å². The molecule has 2 heterocycles. The van der Waals surface area contributed by atoms with Crippen molar-refractivity contribution in [1.29, 1.82) is 0 Å². The zero-order valence-corrected chi connectivity index (χ0v) is 16.9. The Hall–Kier alpha value is -3.25. The number of aromatic nitrogens is 3. The van der Waals surface area contributed by atoms with Gasteiger partial charge in [-0.3, -0.25) is 4.79 Å². The zero-order chi connectivity index (χ0) is 20.7. The average Bonchev–Trinajstić information content (AvgIpc) is 3.01. The highest BCUT2D eigenvalue weighted by molar-refractivity contribution is 6.31. The second kappa shape index (κ2) is 7.29. The number of nitrogens with one attached hydrogen (secondary N) is 1. The summed E-state index contributed by atoms with van der Waals surface area (Å²) in [5.74, 6) is -0.601. The predicted molar refractivity (Wildman–Crippen MR) is 112 cm³/mol. The van der Waals surface area contributed by atoms with Crippen molar-refractivity contribution >= 4 is 34.2 Å². The summed E-state index contributed by atoms with van der Waals surface area (Å²) in [5, 5.41) is 8.67. The van der Waals surface area contributed by atoms with Crippen LogP contribution in [0.1, 0.15) is 27.3 Å². The van der Waals surface area contributed by atoms with Crippen LogP contribution in [0.5, 0.6) is 0 Å². The lowest BCUT2D eigenvalue weighted by molar-refractivity contribution is 0.102. The minimum Gasteiger partial charge on any atom is -0.322 e. The Labute approximate surface area is 172 Å². The Bertz CT molecular complexity index is 1250. The van der Waals surface area contributed by atoms with Crippen molar-refractivity contribution in [1.82, 2.24) is 14.8 Å². The summed E-state index contributed by atoms with van der Waals surface area (Å²) < 4.78 is 14.9. The Morgan fingerprint density at radius 1 is 1.07 bits per heavy atom. The highest BCUT2D eigenvalue weighted by Crippen LogP contribution is 2.27. The molecule has 2 aromatic heterocycles. The summed E-state index contributed by atoms with van der Waals surface area (Å²) in [5.41, 5.74) is 4.56. The second-order valence-corrected chi connectivity index (χ2v) is 7.33. The molecule has 146 valence electrons. The van der Waals surface area contributed by atoms with Crippen LogP contribution >= 0.6 is 11.6 Å². The van der Waals surface area contributed by atoms with Gasteiger partial charge < -0.3 is 5.32 Å². The van der Waals surface area contributed by atoms with Gasteiger partial charge in [0, 0.05) is 16.4 Å². The van der Waals surface area contributed by atoms with Crippen LogP contribution in [0.25, 0.3) is 16.7 Å². The number of halogens is 2. The van der Waals surface area contributed by atoms with E-state index < -0.39 is 0 Å². The van der Waals surface area contributed by atoms with Gasteiger partial charge in [0.2, 0.25) is 0 Å². The first-order chi connectivity index (χ1) is 13.8. The predicted octanol–water partition coefficient (Wildman–Crippen LogP) is 5.39. The van der Waals surface area contributed by atoms with Gasteiger partial charge in [-0.2, -0.15) is 5.10 Å². The van der Waals surface area contributed by atoms with Gasteiger partial charge in [0.05, 0.1) is 22.3 Å². The third-order valence-electron chi connectivity index (χ3n) is 4.70. The fraction of sp³-hybridized carbons (Fsp3) is 0.136. The lowest BCUT2D eigenvalue weighted by Crippen LogP contribution is -2.14. The van der Waals surface area contributed by atoms with Gasteiger partial charge >= 0.3 is 0 Å². The highest BCUT2D eigenvalue weighted by Gasteiger charge is 2.20. The fourth-order valence-corrected chi connectivity index (χ4v) is 3.45. The molecule has 0 atom stereocenters. The molecule has 0 fully saturated rings. The number of amides is 1. The van der Waals surface area contributed by atoms with E-state index in [0.29, 0.717) is 44.4 Å². The van der Waals surface area contributed by atoms with E-state index in [4.69, 9.17) is 11.6 Å². The Kier molecular flexibility index (Phi) is 4.80. The molecule has 0 aliphatic rings. The average molecular weight is 409 g/mol. The molecule has 5 nitrogen and oxygen atoms in total. The molecule has 0 saturated heterocycles. The fourth-order valence-electron chi connectivity index (χ4n) is 3.27. The molecule has 4 rings (SSSR count). The molecule has 2 aromatic carbocycles. The molecule has 0 bridgehead atoms. The summed E-state index contributed by atoms with van der Waals surface area (Å²) in [6.07, 6.45) is 0. The third kappa shape index (κ3) is 3.59. The van der Waals surface area contributed by atoms with Gasteiger partial charge in [0.15, 0.2) is 5.65 Å². The van der Waals surface area contributed by atoms with E-state index in [2.05, 4.69) is 15.4 Å². The molecular weight excluding hydrogens is 391 g/mol. The van der Waals surface area contributed by atoms with Crippen molar-refractivity contribution in [2.24, 2.45) is 0 Å². The molecule has 0 radical (unpaired) electrons. The van der Waals surface area contributed by atoms with Gasteiger partial charge in [-0.25, -0.2) is 14.1 Å². The molecule has 0 unspecified atom stereocenters. The van der Waals surface area contributed by atoms with Gasteiger partial charge in [0.1, 0.15) is 5.82 Å². The number of hydrogen-bond acceptors (Lipinski definition) is 3. The van der Waals surface area contributed by atoms with E-state index in [1.165, 1.54) is 12.1 Å². The lowest BCUT2D eigenvalue weighted by Gasteiger charge is -2.11. The van der Waals surface area contributed by atoms with Crippen LogP contribution in [-0.4, -0.2) is 20.7 Å². The normalized spacial score (nSPS) is 11.1. The van der Waals surface area contributed by atoms with Crippen LogP contribution in [0.3, 0.4) is 0 Å². The number of anilines is 1. The van der Waals surface area contributed by atoms with Crippen LogP contribution < -0.4 is 5.32 Å². The molecular formula is C22H18ClFN4O. The van der Waals surface area contributed by atoms with Crippen LogP contribution in [0, 0.1) is 26.6 Å². The first-order valence-electron chi connectivity index (χ1n) is 9.04. The molecule has 0 spiro atoms. The summed E-state index contributed by atoms with van der Waals surface area (Å²) in [4.78, 5) is 17.7.